The molecule has 98 valence electrons. The fraction of sp³-hybridized carbons (Fsp3) is 0.308. The van der Waals surface area contributed by atoms with E-state index in [1.165, 1.54) is 6.33 Å². The van der Waals surface area contributed by atoms with Crippen LogP contribution in [0.3, 0.4) is 0 Å². The Kier molecular flexibility index (Phi) is 3.66. The Morgan fingerprint density at radius 3 is 2.95 bits per heavy atom. The molecule has 0 bridgehead atoms. The summed E-state index contributed by atoms with van der Waals surface area (Å²) in [5.41, 5.74) is 6.57. The lowest BCUT2D eigenvalue weighted by Gasteiger charge is -2.11. The van der Waals surface area contributed by atoms with Gasteiger partial charge in [-0.1, -0.05) is 0 Å². The number of nitriles is 1. The molecule has 0 spiro atoms. The van der Waals surface area contributed by atoms with E-state index < -0.39 is 0 Å². The summed E-state index contributed by atoms with van der Waals surface area (Å²) >= 11 is 0. The van der Waals surface area contributed by atoms with Crippen LogP contribution in [0.5, 0.6) is 5.75 Å². The van der Waals surface area contributed by atoms with Gasteiger partial charge in [0.25, 0.3) is 0 Å². The third kappa shape index (κ3) is 2.83. The number of nitrogen functional groups attached to an aromatic ring is 1. The molecule has 0 unspecified atom stereocenters. The van der Waals surface area contributed by atoms with Gasteiger partial charge in [-0.05, 0) is 32.0 Å². The van der Waals surface area contributed by atoms with Gasteiger partial charge in [0.05, 0.1) is 5.56 Å². The van der Waals surface area contributed by atoms with Crippen LogP contribution in [0.2, 0.25) is 0 Å². The summed E-state index contributed by atoms with van der Waals surface area (Å²) in [5.74, 6) is 1.21. The molecule has 6 heteroatoms. The fourth-order valence-corrected chi connectivity index (χ4v) is 1.71. The summed E-state index contributed by atoms with van der Waals surface area (Å²) in [6.07, 6.45) is 1.49. The summed E-state index contributed by atoms with van der Waals surface area (Å²) < 4.78 is 7.40. The number of nitrogens with zero attached hydrogens (tertiary/aromatic N) is 4. The van der Waals surface area contributed by atoms with Crippen molar-refractivity contribution in [1.29, 1.82) is 5.26 Å². The average molecular weight is 257 g/mol. The van der Waals surface area contributed by atoms with Gasteiger partial charge < -0.3 is 10.5 Å². The Hall–Kier alpha value is -2.55. The normalized spacial score (nSPS) is 10.4. The molecule has 1 aromatic carbocycles. The lowest BCUT2D eigenvalue weighted by molar-refractivity contribution is 0.281. The minimum absolute atomic E-state index is 0.211. The topological polar surface area (TPSA) is 89.8 Å². The van der Waals surface area contributed by atoms with Crippen LogP contribution >= 0.6 is 0 Å². The van der Waals surface area contributed by atoms with Gasteiger partial charge in [0.15, 0.2) is 5.82 Å². The van der Waals surface area contributed by atoms with E-state index in [0.29, 0.717) is 17.0 Å². The van der Waals surface area contributed by atoms with E-state index in [1.54, 1.807) is 22.9 Å². The Balaban J connectivity index is 2.15. The molecule has 0 amide bonds. The van der Waals surface area contributed by atoms with Crippen LogP contribution < -0.4 is 10.5 Å². The summed E-state index contributed by atoms with van der Waals surface area (Å²) in [7, 11) is 0. The number of hydrogen-bond acceptors (Lipinski definition) is 5. The maximum absolute atomic E-state index is 9.02. The zero-order valence-corrected chi connectivity index (χ0v) is 10.9. The van der Waals surface area contributed by atoms with Gasteiger partial charge in [-0.2, -0.15) is 10.4 Å². The molecular formula is C13H15N5O. The van der Waals surface area contributed by atoms with Crippen LogP contribution in [0.4, 0.5) is 5.69 Å². The van der Waals surface area contributed by atoms with Crippen molar-refractivity contribution in [3.63, 3.8) is 0 Å². The second kappa shape index (κ2) is 5.40. The van der Waals surface area contributed by atoms with Crippen molar-refractivity contribution < 1.29 is 4.74 Å². The first kappa shape index (κ1) is 12.9. The van der Waals surface area contributed by atoms with Crippen LogP contribution in [-0.2, 0) is 6.61 Å². The molecule has 0 saturated carbocycles. The van der Waals surface area contributed by atoms with Crippen LogP contribution in [-0.4, -0.2) is 14.8 Å². The van der Waals surface area contributed by atoms with Gasteiger partial charge in [0.2, 0.25) is 0 Å². The molecule has 0 aliphatic heterocycles. The summed E-state index contributed by atoms with van der Waals surface area (Å²) in [4.78, 5) is 4.14. The van der Waals surface area contributed by atoms with Crippen molar-refractivity contribution in [3.05, 3.63) is 35.9 Å². The quantitative estimate of drug-likeness (QED) is 0.845. The minimum atomic E-state index is 0.211. The van der Waals surface area contributed by atoms with Gasteiger partial charge >= 0.3 is 0 Å². The highest BCUT2D eigenvalue weighted by molar-refractivity contribution is 5.53. The zero-order valence-electron chi connectivity index (χ0n) is 10.9. The molecule has 2 N–H and O–H groups in total. The largest absolute Gasteiger partial charge is 0.484 e. The SMILES string of the molecule is CC(C)n1ncnc1COc1ccc(N)cc1C#N. The Morgan fingerprint density at radius 2 is 2.26 bits per heavy atom. The van der Waals surface area contributed by atoms with E-state index in [2.05, 4.69) is 16.2 Å². The van der Waals surface area contributed by atoms with Gasteiger partial charge in [0.1, 0.15) is 24.8 Å². The fourth-order valence-electron chi connectivity index (χ4n) is 1.71. The third-order valence-corrected chi connectivity index (χ3v) is 2.62. The van der Waals surface area contributed by atoms with Crippen molar-refractivity contribution in [2.75, 3.05) is 5.73 Å². The van der Waals surface area contributed by atoms with E-state index in [0.717, 1.165) is 5.82 Å². The van der Waals surface area contributed by atoms with Crippen molar-refractivity contribution in [3.8, 4) is 11.8 Å². The number of aromatic nitrogens is 3. The second-order valence-electron chi connectivity index (χ2n) is 4.37. The lowest BCUT2D eigenvalue weighted by Crippen LogP contribution is -2.11. The van der Waals surface area contributed by atoms with E-state index >= 15 is 0 Å². The Labute approximate surface area is 111 Å². The molecule has 0 aliphatic rings. The molecule has 1 aromatic heterocycles. The first-order valence-corrected chi connectivity index (χ1v) is 5.92. The maximum Gasteiger partial charge on any atom is 0.165 e. The smallest absolute Gasteiger partial charge is 0.165 e. The predicted molar refractivity (Wildman–Crippen MR) is 70.3 cm³/mol. The standard InChI is InChI=1S/C13H15N5O/c1-9(2)18-13(16-8-17-18)7-19-12-4-3-11(15)5-10(12)6-14/h3-5,8-9H,7,15H2,1-2H3. The van der Waals surface area contributed by atoms with Gasteiger partial charge in [0, 0.05) is 11.7 Å². The predicted octanol–water partition coefficient (Wildman–Crippen LogP) is 1.89. The molecule has 19 heavy (non-hydrogen) atoms. The van der Waals surface area contributed by atoms with Crippen molar-refractivity contribution >= 4 is 5.69 Å². The molecule has 2 aromatic rings. The molecule has 1 heterocycles. The van der Waals surface area contributed by atoms with Crippen molar-refractivity contribution in [2.24, 2.45) is 0 Å². The summed E-state index contributed by atoms with van der Waals surface area (Å²) in [6, 6.07) is 7.24. The molecule has 6 nitrogen and oxygen atoms in total. The molecule has 0 atom stereocenters. The number of hydrogen-bond donors (Lipinski definition) is 1. The summed E-state index contributed by atoms with van der Waals surface area (Å²) in [5, 5.41) is 13.1. The van der Waals surface area contributed by atoms with Crippen molar-refractivity contribution in [1.82, 2.24) is 14.8 Å². The zero-order chi connectivity index (χ0) is 13.8. The molecule has 0 aliphatic carbocycles. The van der Waals surface area contributed by atoms with Crippen molar-refractivity contribution in [2.45, 2.75) is 26.5 Å². The second-order valence-corrected chi connectivity index (χ2v) is 4.37. The average Bonchev–Trinajstić information content (AvgIpc) is 2.85. The highest BCUT2D eigenvalue weighted by atomic mass is 16.5. The van der Waals surface area contributed by atoms with Crippen LogP contribution in [0.25, 0.3) is 0 Å². The van der Waals surface area contributed by atoms with Gasteiger partial charge in [-0.25, -0.2) is 9.67 Å². The van der Waals surface area contributed by atoms with E-state index in [4.69, 9.17) is 15.7 Å². The third-order valence-electron chi connectivity index (χ3n) is 2.62. The highest BCUT2D eigenvalue weighted by Crippen LogP contribution is 2.21. The number of anilines is 1. The number of rotatable bonds is 4. The summed E-state index contributed by atoms with van der Waals surface area (Å²) in [6.45, 7) is 4.29. The Morgan fingerprint density at radius 1 is 1.47 bits per heavy atom. The first-order valence-electron chi connectivity index (χ1n) is 5.92. The Bertz CT molecular complexity index is 612. The van der Waals surface area contributed by atoms with E-state index in [-0.39, 0.29) is 12.6 Å². The van der Waals surface area contributed by atoms with E-state index in [1.807, 2.05) is 13.8 Å². The molecule has 0 saturated heterocycles. The van der Waals surface area contributed by atoms with Crippen LogP contribution in [0, 0.1) is 11.3 Å². The maximum atomic E-state index is 9.02. The first-order chi connectivity index (χ1) is 9.11. The number of ether oxygens (including phenoxy) is 1. The minimum Gasteiger partial charge on any atom is -0.484 e. The van der Waals surface area contributed by atoms with Crippen LogP contribution in [0.1, 0.15) is 31.3 Å². The van der Waals surface area contributed by atoms with Gasteiger partial charge in [-0.3, -0.25) is 0 Å². The molecule has 2 rings (SSSR count). The molecular weight excluding hydrogens is 242 g/mol. The number of benzene rings is 1. The van der Waals surface area contributed by atoms with E-state index in [9.17, 15) is 0 Å². The molecule has 0 fully saturated rings. The highest BCUT2D eigenvalue weighted by Gasteiger charge is 2.10. The number of nitrogens with two attached hydrogens (primary N) is 1. The van der Waals surface area contributed by atoms with Gasteiger partial charge in [-0.15, -0.1) is 0 Å². The molecule has 0 radical (unpaired) electrons. The van der Waals surface area contributed by atoms with Crippen LogP contribution in [0.15, 0.2) is 24.5 Å². The lowest BCUT2D eigenvalue weighted by atomic mass is 10.2. The monoisotopic (exact) mass is 257 g/mol.